The molecule has 0 amide bonds. The molecule has 0 radical (unpaired) electrons. The second kappa shape index (κ2) is 10.9. The number of aryl methyl sites for hydroxylation is 3. The number of guanidine groups is 1. The van der Waals surface area contributed by atoms with E-state index in [1.165, 1.54) is 0 Å². The Hall–Kier alpha value is -3.19. The van der Waals surface area contributed by atoms with Crippen molar-refractivity contribution in [1.29, 1.82) is 0 Å². The Kier molecular flexibility index (Phi) is 7.51. The van der Waals surface area contributed by atoms with Gasteiger partial charge in [0.25, 0.3) is 0 Å². The van der Waals surface area contributed by atoms with E-state index in [1.807, 2.05) is 53.4 Å². The molecule has 0 saturated carbocycles. The van der Waals surface area contributed by atoms with Crippen LogP contribution in [-0.2, 0) is 24.0 Å². The molecule has 168 valence electrons. The standard InChI is InChI=1S/C25H29FN4O2/c26-24-17-19(9-11-23(24)20-5-2-1-3-6-20)8-10-21-18-22(32-29-21)7-4-12-28-25(27)30-13-15-31-16-14-30/h1-3,5-6,9,11,17-18H,4,7-8,10,12-16H2,(H2,27,28). The van der Waals surface area contributed by atoms with Gasteiger partial charge in [-0.1, -0.05) is 47.6 Å². The Morgan fingerprint density at radius 1 is 1.03 bits per heavy atom. The summed E-state index contributed by atoms with van der Waals surface area (Å²) in [6.45, 7) is 3.62. The third kappa shape index (κ3) is 5.95. The van der Waals surface area contributed by atoms with Crippen molar-refractivity contribution in [2.24, 2.45) is 10.7 Å². The second-order valence-electron chi connectivity index (χ2n) is 7.91. The molecule has 0 spiro atoms. The van der Waals surface area contributed by atoms with Crippen LogP contribution < -0.4 is 5.73 Å². The van der Waals surface area contributed by atoms with E-state index >= 15 is 0 Å². The molecule has 2 N–H and O–H groups in total. The summed E-state index contributed by atoms with van der Waals surface area (Å²) in [6, 6.07) is 17.0. The smallest absolute Gasteiger partial charge is 0.191 e. The Bertz CT molecular complexity index is 1030. The molecule has 2 aromatic carbocycles. The lowest BCUT2D eigenvalue weighted by atomic mass is 10.0. The van der Waals surface area contributed by atoms with E-state index in [4.69, 9.17) is 15.0 Å². The first kappa shape index (κ1) is 22.0. The van der Waals surface area contributed by atoms with Crippen molar-refractivity contribution in [3.63, 3.8) is 0 Å². The lowest BCUT2D eigenvalue weighted by molar-refractivity contribution is 0.0674. The molecule has 4 rings (SSSR count). The molecule has 3 aromatic rings. The first-order valence-corrected chi connectivity index (χ1v) is 11.1. The number of morpholine rings is 1. The maximum atomic E-state index is 14.6. The minimum Gasteiger partial charge on any atom is -0.378 e. The fourth-order valence-corrected chi connectivity index (χ4v) is 3.77. The summed E-state index contributed by atoms with van der Waals surface area (Å²) in [5.41, 5.74) is 9.36. The second-order valence-corrected chi connectivity index (χ2v) is 7.91. The Morgan fingerprint density at radius 2 is 1.84 bits per heavy atom. The molecule has 6 nitrogen and oxygen atoms in total. The number of aliphatic imine (C=N–C) groups is 1. The van der Waals surface area contributed by atoms with Gasteiger partial charge in [-0.25, -0.2) is 4.39 Å². The van der Waals surface area contributed by atoms with Gasteiger partial charge in [-0.15, -0.1) is 0 Å². The fraction of sp³-hybridized carbons (Fsp3) is 0.360. The number of nitrogens with zero attached hydrogens (tertiary/aromatic N) is 3. The average molecular weight is 437 g/mol. The van der Waals surface area contributed by atoms with E-state index in [0.717, 1.165) is 48.5 Å². The third-order valence-electron chi connectivity index (χ3n) is 5.59. The lowest BCUT2D eigenvalue weighted by Crippen LogP contribution is -2.44. The van der Waals surface area contributed by atoms with E-state index in [0.29, 0.717) is 44.1 Å². The number of ether oxygens (including phenoxy) is 1. The molecule has 7 heteroatoms. The van der Waals surface area contributed by atoms with Crippen LogP contribution in [0, 0.1) is 5.82 Å². The van der Waals surface area contributed by atoms with Crippen LogP contribution in [0.15, 0.2) is 64.1 Å². The van der Waals surface area contributed by atoms with Crippen LogP contribution in [0.3, 0.4) is 0 Å². The molecule has 0 bridgehead atoms. The summed E-state index contributed by atoms with van der Waals surface area (Å²) in [5, 5.41) is 4.15. The van der Waals surface area contributed by atoms with Crippen molar-refractivity contribution in [3.05, 3.63) is 77.4 Å². The number of halogens is 1. The molecule has 32 heavy (non-hydrogen) atoms. The number of aromatic nitrogens is 1. The van der Waals surface area contributed by atoms with E-state index in [2.05, 4.69) is 10.1 Å². The maximum absolute atomic E-state index is 14.6. The van der Waals surface area contributed by atoms with Crippen molar-refractivity contribution in [3.8, 4) is 11.1 Å². The number of hydrogen-bond acceptors (Lipinski definition) is 4. The number of rotatable bonds is 8. The predicted molar refractivity (Wildman–Crippen MR) is 123 cm³/mol. The molecule has 1 aliphatic rings. The topological polar surface area (TPSA) is 76.9 Å². The lowest BCUT2D eigenvalue weighted by Gasteiger charge is -2.27. The van der Waals surface area contributed by atoms with Crippen molar-refractivity contribution < 1.29 is 13.7 Å². The quantitative estimate of drug-likeness (QED) is 0.330. The molecule has 0 unspecified atom stereocenters. The molecule has 1 saturated heterocycles. The van der Waals surface area contributed by atoms with Gasteiger partial charge in [0.15, 0.2) is 5.96 Å². The molecule has 2 heterocycles. The van der Waals surface area contributed by atoms with E-state index in [1.54, 1.807) is 6.07 Å². The van der Waals surface area contributed by atoms with Gasteiger partial charge in [-0.05, 0) is 36.5 Å². The minimum atomic E-state index is -0.202. The Morgan fingerprint density at radius 3 is 2.62 bits per heavy atom. The van der Waals surface area contributed by atoms with Gasteiger partial charge in [-0.2, -0.15) is 0 Å². The molecule has 0 aliphatic carbocycles. The van der Waals surface area contributed by atoms with E-state index in [9.17, 15) is 4.39 Å². The van der Waals surface area contributed by atoms with Crippen molar-refractivity contribution in [2.75, 3.05) is 32.8 Å². The van der Waals surface area contributed by atoms with Gasteiger partial charge in [0.2, 0.25) is 0 Å². The predicted octanol–water partition coefficient (Wildman–Crippen LogP) is 3.85. The summed E-state index contributed by atoms with van der Waals surface area (Å²) < 4.78 is 25.3. The third-order valence-corrected chi connectivity index (χ3v) is 5.59. The van der Waals surface area contributed by atoms with Gasteiger partial charge < -0.3 is 19.9 Å². The SMILES string of the molecule is NC(=NCCCc1cc(CCc2ccc(-c3ccccc3)c(F)c2)no1)N1CCOCC1. The fourth-order valence-electron chi connectivity index (χ4n) is 3.77. The van der Waals surface area contributed by atoms with Gasteiger partial charge in [-0.3, -0.25) is 4.99 Å². The van der Waals surface area contributed by atoms with Crippen molar-refractivity contribution in [2.45, 2.75) is 25.7 Å². The average Bonchev–Trinajstić information content (AvgIpc) is 3.29. The van der Waals surface area contributed by atoms with Crippen molar-refractivity contribution in [1.82, 2.24) is 10.1 Å². The van der Waals surface area contributed by atoms with Crippen LogP contribution in [0.4, 0.5) is 4.39 Å². The van der Waals surface area contributed by atoms with Gasteiger partial charge in [0.1, 0.15) is 11.6 Å². The number of hydrogen-bond donors (Lipinski definition) is 1. The molecule has 1 aliphatic heterocycles. The van der Waals surface area contributed by atoms with Crippen LogP contribution in [0.1, 0.15) is 23.4 Å². The summed E-state index contributed by atoms with van der Waals surface area (Å²) in [5.74, 6) is 1.22. The zero-order valence-corrected chi connectivity index (χ0v) is 18.2. The number of benzene rings is 2. The van der Waals surface area contributed by atoms with Gasteiger partial charge in [0, 0.05) is 37.7 Å². The van der Waals surface area contributed by atoms with Crippen LogP contribution >= 0.6 is 0 Å². The monoisotopic (exact) mass is 436 g/mol. The Balaban J connectivity index is 1.23. The summed E-state index contributed by atoms with van der Waals surface area (Å²) >= 11 is 0. The highest BCUT2D eigenvalue weighted by Gasteiger charge is 2.12. The zero-order valence-electron chi connectivity index (χ0n) is 18.2. The van der Waals surface area contributed by atoms with Crippen LogP contribution in [0.25, 0.3) is 11.1 Å². The minimum absolute atomic E-state index is 0.202. The summed E-state index contributed by atoms with van der Waals surface area (Å²) in [6.07, 6.45) is 3.01. The normalized spacial score (nSPS) is 14.7. The van der Waals surface area contributed by atoms with Gasteiger partial charge in [0.05, 0.1) is 18.9 Å². The van der Waals surface area contributed by atoms with E-state index in [-0.39, 0.29) is 5.82 Å². The molecule has 1 aromatic heterocycles. The maximum Gasteiger partial charge on any atom is 0.191 e. The zero-order chi connectivity index (χ0) is 22.2. The first-order chi connectivity index (χ1) is 15.7. The van der Waals surface area contributed by atoms with Crippen LogP contribution in [0.2, 0.25) is 0 Å². The summed E-state index contributed by atoms with van der Waals surface area (Å²) in [4.78, 5) is 6.50. The molecule has 0 atom stereocenters. The highest BCUT2D eigenvalue weighted by molar-refractivity contribution is 5.78. The highest BCUT2D eigenvalue weighted by atomic mass is 19.1. The summed E-state index contributed by atoms with van der Waals surface area (Å²) in [7, 11) is 0. The largest absolute Gasteiger partial charge is 0.378 e. The first-order valence-electron chi connectivity index (χ1n) is 11.1. The van der Waals surface area contributed by atoms with Crippen LogP contribution in [-0.4, -0.2) is 48.9 Å². The number of nitrogens with two attached hydrogens (primary N) is 1. The molecular formula is C25H29FN4O2. The van der Waals surface area contributed by atoms with Gasteiger partial charge >= 0.3 is 0 Å². The van der Waals surface area contributed by atoms with E-state index < -0.39 is 0 Å². The Labute approximate surface area is 187 Å². The molecular weight excluding hydrogens is 407 g/mol. The highest BCUT2D eigenvalue weighted by Crippen LogP contribution is 2.24. The van der Waals surface area contributed by atoms with Crippen molar-refractivity contribution >= 4 is 5.96 Å². The molecule has 1 fully saturated rings. The van der Waals surface area contributed by atoms with Crippen LogP contribution in [0.5, 0.6) is 0 Å².